The van der Waals surface area contributed by atoms with Crippen LogP contribution in [0.5, 0.6) is 0 Å². The summed E-state index contributed by atoms with van der Waals surface area (Å²) in [5.41, 5.74) is 3.13. The van der Waals surface area contributed by atoms with E-state index in [1.165, 1.54) is 11.3 Å². The standard InChI is InChI=1S/C14H14ClNOS/c1-3-10-6-4-5-9(2)13(10)16-14(17)11-7-8-12(15)18-11/h4-8H,3H2,1-2H3,(H,16,17). The molecule has 0 atom stereocenters. The Hall–Kier alpha value is -1.32. The summed E-state index contributed by atoms with van der Waals surface area (Å²) in [6, 6.07) is 9.51. The Bertz CT molecular complexity index is 577. The molecule has 0 unspecified atom stereocenters. The molecule has 1 heterocycles. The molecule has 0 aliphatic heterocycles. The first-order valence-corrected chi connectivity index (χ1v) is 6.96. The van der Waals surface area contributed by atoms with Crippen LogP contribution >= 0.6 is 22.9 Å². The van der Waals surface area contributed by atoms with E-state index in [1.54, 1.807) is 12.1 Å². The molecule has 1 N–H and O–H groups in total. The predicted octanol–water partition coefficient (Wildman–Crippen LogP) is 4.52. The molecule has 0 bridgehead atoms. The second-order valence-electron chi connectivity index (χ2n) is 4.02. The fourth-order valence-electron chi connectivity index (χ4n) is 1.81. The van der Waals surface area contributed by atoms with Gasteiger partial charge in [0.2, 0.25) is 0 Å². The van der Waals surface area contributed by atoms with Crippen LogP contribution in [0.2, 0.25) is 4.34 Å². The number of thiophene rings is 1. The topological polar surface area (TPSA) is 29.1 Å². The zero-order chi connectivity index (χ0) is 13.1. The van der Waals surface area contributed by atoms with E-state index in [9.17, 15) is 4.79 Å². The number of hydrogen-bond donors (Lipinski definition) is 1. The first-order chi connectivity index (χ1) is 8.61. The minimum absolute atomic E-state index is 0.101. The fourth-order valence-corrected chi connectivity index (χ4v) is 2.75. The van der Waals surface area contributed by atoms with Crippen molar-refractivity contribution in [1.29, 1.82) is 0 Å². The number of para-hydroxylation sites is 1. The van der Waals surface area contributed by atoms with Crippen LogP contribution in [0.15, 0.2) is 30.3 Å². The summed E-state index contributed by atoms with van der Waals surface area (Å²) < 4.78 is 0.626. The lowest BCUT2D eigenvalue weighted by Crippen LogP contribution is -2.12. The Labute approximate surface area is 116 Å². The number of halogens is 1. The molecule has 0 aliphatic rings. The van der Waals surface area contributed by atoms with Crippen molar-refractivity contribution in [3.05, 3.63) is 50.7 Å². The molecule has 0 aliphatic carbocycles. The highest BCUT2D eigenvalue weighted by molar-refractivity contribution is 7.18. The first kappa shape index (κ1) is 13.1. The van der Waals surface area contributed by atoms with Gasteiger partial charge >= 0.3 is 0 Å². The summed E-state index contributed by atoms with van der Waals surface area (Å²) in [7, 11) is 0. The van der Waals surface area contributed by atoms with Crippen LogP contribution < -0.4 is 5.32 Å². The van der Waals surface area contributed by atoms with Crippen molar-refractivity contribution in [2.24, 2.45) is 0 Å². The van der Waals surface area contributed by atoms with Gasteiger partial charge in [-0.25, -0.2) is 0 Å². The molecule has 2 nitrogen and oxygen atoms in total. The van der Waals surface area contributed by atoms with Gasteiger partial charge in [0.15, 0.2) is 0 Å². The molecule has 94 valence electrons. The van der Waals surface area contributed by atoms with Gasteiger partial charge in [0.25, 0.3) is 5.91 Å². The van der Waals surface area contributed by atoms with Gasteiger partial charge < -0.3 is 5.32 Å². The van der Waals surface area contributed by atoms with E-state index in [0.717, 1.165) is 23.2 Å². The van der Waals surface area contributed by atoms with Crippen molar-refractivity contribution < 1.29 is 4.79 Å². The van der Waals surface area contributed by atoms with Crippen LogP contribution in [0.25, 0.3) is 0 Å². The number of rotatable bonds is 3. The van der Waals surface area contributed by atoms with E-state index in [4.69, 9.17) is 11.6 Å². The minimum Gasteiger partial charge on any atom is -0.321 e. The van der Waals surface area contributed by atoms with Gasteiger partial charge in [0.05, 0.1) is 9.21 Å². The number of hydrogen-bond acceptors (Lipinski definition) is 2. The van der Waals surface area contributed by atoms with Crippen LogP contribution in [0, 0.1) is 6.92 Å². The number of aryl methyl sites for hydroxylation is 2. The van der Waals surface area contributed by atoms with Crippen molar-refractivity contribution in [2.45, 2.75) is 20.3 Å². The average molecular weight is 280 g/mol. The lowest BCUT2D eigenvalue weighted by Gasteiger charge is -2.12. The summed E-state index contributed by atoms with van der Waals surface area (Å²) in [5.74, 6) is -0.101. The Kier molecular flexibility index (Phi) is 4.04. The maximum atomic E-state index is 12.1. The second-order valence-corrected chi connectivity index (χ2v) is 5.74. The van der Waals surface area contributed by atoms with Gasteiger partial charge in [-0.05, 0) is 36.6 Å². The number of nitrogens with one attached hydrogen (secondary N) is 1. The molecule has 4 heteroatoms. The van der Waals surface area contributed by atoms with Gasteiger partial charge in [-0.15, -0.1) is 11.3 Å². The van der Waals surface area contributed by atoms with Gasteiger partial charge in [-0.3, -0.25) is 4.79 Å². The van der Waals surface area contributed by atoms with Crippen LogP contribution in [0.4, 0.5) is 5.69 Å². The maximum absolute atomic E-state index is 12.1. The van der Waals surface area contributed by atoms with Gasteiger partial charge in [-0.2, -0.15) is 0 Å². The van der Waals surface area contributed by atoms with Crippen LogP contribution in [0.3, 0.4) is 0 Å². The maximum Gasteiger partial charge on any atom is 0.265 e. The summed E-state index contributed by atoms with van der Waals surface area (Å²) in [4.78, 5) is 12.7. The van der Waals surface area contributed by atoms with Crippen LogP contribution in [-0.2, 0) is 6.42 Å². The van der Waals surface area contributed by atoms with E-state index in [2.05, 4.69) is 12.2 Å². The number of carbonyl (C=O) groups excluding carboxylic acids is 1. The number of benzene rings is 1. The van der Waals surface area contributed by atoms with Crippen molar-refractivity contribution >= 4 is 34.5 Å². The fraction of sp³-hybridized carbons (Fsp3) is 0.214. The smallest absolute Gasteiger partial charge is 0.265 e. The normalized spacial score (nSPS) is 10.4. The third-order valence-corrected chi connectivity index (χ3v) is 4.01. The van der Waals surface area contributed by atoms with E-state index < -0.39 is 0 Å². The molecule has 0 spiro atoms. The van der Waals surface area contributed by atoms with E-state index in [1.807, 2.05) is 25.1 Å². The Morgan fingerprint density at radius 2 is 2.11 bits per heavy atom. The van der Waals surface area contributed by atoms with E-state index >= 15 is 0 Å². The largest absolute Gasteiger partial charge is 0.321 e. The minimum atomic E-state index is -0.101. The van der Waals surface area contributed by atoms with Gasteiger partial charge in [0.1, 0.15) is 0 Å². The molecule has 0 saturated carbocycles. The molecule has 0 fully saturated rings. The van der Waals surface area contributed by atoms with Crippen molar-refractivity contribution in [3.63, 3.8) is 0 Å². The molecular weight excluding hydrogens is 266 g/mol. The average Bonchev–Trinajstić information content (AvgIpc) is 2.78. The van der Waals surface area contributed by atoms with E-state index in [0.29, 0.717) is 9.21 Å². The highest BCUT2D eigenvalue weighted by Crippen LogP contribution is 2.25. The number of carbonyl (C=O) groups is 1. The lowest BCUT2D eigenvalue weighted by molar-refractivity contribution is 0.103. The molecule has 1 aromatic heterocycles. The van der Waals surface area contributed by atoms with Crippen LogP contribution in [0.1, 0.15) is 27.7 Å². The molecule has 18 heavy (non-hydrogen) atoms. The molecule has 1 amide bonds. The first-order valence-electron chi connectivity index (χ1n) is 5.77. The molecular formula is C14H14ClNOS. The monoisotopic (exact) mass is 279 g/mol. The van der Waals surface area contributed by atoms with Crippen LogP contribution in [-0.4, -0.2) is 5.91 Å². The molecule has 0 radical (unpaired) electrons. The number of amides is 1. The highest BCUT2D eigenvalue weighted by Gasteiger charge is 2.12. The highest BCUT2D eigenvalue weighted by atomic mass is 35.5. The summed E-state index contributed by atoms with van der Waals surface area (Å²) in [5, 5.41) is 2.97. The molecule has 2 aromatic rings. The second kappa shape index (κ2) is 5.55. The third-order valence-electron chi connectivity index (χ3n) is 2.78. The molecule has 0 saturated heterocycles. The Balaban J connectivity index is 2.26. The Morgan fingerprint density at radius 1 is 1.33 bits per heavy atom. The zero-order valence-corrected chi connectivity index (χ0v) is 11.9. The summed E-state index contributed by atoms with van der Waals surface area (Å²) >= 11 is 7.12. The number of anilines is 1. The van der Waals surface area contributed by atoms with Crippen molar-refractivity contribution in [2.75, 3.05) is 5.32 Å². The van der Waals surface area contributed by atoms with Crippen molar-refractivity contribution in [1.82, 2.24) is 0 Å². The molecule has 2 rings (SSSR count). The van der Waals surface area contributed by atoms with E-state index in [-0.39, 0.29) is 5.91 Å². The van der Waals surface area contributed by atoms with Gasteiger partial charge in [-0.1, -0.05) is 36.7 Å². The van der Waals surface area contributed by atoms with Gasteiger partial charge in [0, 0.05) is 5.69 Å². The van der Waals surface area contributed by atoms with Crippen molar-refractivity contribution in [3.8, 4) is 0 Å². The summed E-state index contributed by atoms with van der Waals surface area (Å²) in [6.45, 7) is 4.07. The predicted molar refractivity (Wildman–Crippen MR) is 77.8 cm³/mol. The third kappa shape index (κ3) is 2.74. The zero-order valence-electron chi connectivity index (χ0n) is 10.3. The quantitative estimate of drug-likeness (QED) is 0.879. The Morgan fingerprint density at radius 3 is 2.72 bits per heavy atom. The lowest BCUT2D eigenvalue weighted by atomic mass is 10.1. The SMILES string of the molecule is CCc1cccc(C)c1NC(=O)c1ccc(Cl)s1. The molecule has 1 aromatic carbocycles. The summed E-state index contributed by atoms with van der Waals surface area (Å²) in [6.07, 6.45) is 0.891.